The average Bonchev–Trinajstić information content (AvgIpc) is 3.11. The van der Waals surface area contributed by atoms with Crippen LogP contribution in [0.15, 0.2) is 42.0 Å². The lowest BCUT2D eigenvalue weighted by atomic mass is 9.47. The summed E-state index contributed by atoms with van der Waals surface area (Å²) in [6.45, 7) is 5.43. The number of hydrogen-bond acceptors (Lipinski definition) is 4. The van der Waals surface area contributed by atoms with Gasteiger partial charge in [-0.3, -0.25) is 4.79 Å². The van der Waals surface area contributed by atoms with Crippen molar-refractivity contribution in [1.29, 1.82) is 0 Å². The number of rotatable bonds is 4. The zero-order chi connectivity index (χ0) is 21.6. The minimum absolute atomic E-state index is 0.0210. The van der Waals surface area contributed by atoms with Gasteiger partial charge in [-0.2, -0.15) is 0 Å². The molecule has 1 aromatic carbocycles. The van der Waals surface area contributed by atoms with Crippen LogP contribution in [0.2, 0.25) is 0 Å². The normalized spacial score (nSPS) is 41.2. The van der Waals surface area contributed by atoms with Crippen molar-refractivity contribution in [2.45, 2.75) is 77.4 Å². The van der Waals surface area contributed by atoms with E-state index in [0.717, 1.165) is 38.5 Å². The van der Waals surface area contributed by atoms with Crippen molar-refractivity contribution in [2.24, 2.45) is 28.6 Å². The lowest BCUT2D eigenvalue weighted by molar-refractivity contribution is -0.133. The van der Waals surface area contributed by atoms with Gasteiger partial charge in [-0.15, -0.1) is 0 Å². The maximum atomic E-state index is 12.8. The Balaban J connectivity index is 1.34. The molecule has 5 rings (SSSR count). The van der Waals surface area contributed by atoms with Gasteiger partial charge in [0.2, 0.25) is 0 Å². The fourth-order valence-corrected chi connectivity index (χ4v) is 7.79. The van der Waals surface area contributed by atoms with Crippen molar-refractivity contribution >= 4 is 12.4 Å². The first-order valence-corrected chi connectivity index (χ1v) is 12.0. The van der Waals surface area contributed by atoms with Crippen LogP contribution in [-0.2, 0) is 14.3 Å². The van der Waals surface area contributed by atoms with Crippen molar-refractivity contribution in [3.8, 4) is 0 Å². The standard InChI is InChI=1S/C27H34O4/c1-26-14-12-20(30-17-28)16-19(26)8-9-21-22-10-11-24(27(22,2)15-13-23(21)26)31-25(29)18-6-4-3-5-7-18/h3-7,16-17,20-24H,8-15H2,1-2H3. The summed E-state index contributed by atoms with van der Waals surface area (Å²) in [6, 6.07) is 9.40. The first-order chi connectivity index (χ1) is 15.0. The molecule has 0 heterocycles. The predicted octanol–water partition coefficient (Wildman–Crippen LogP) is 5.72. The zero-order valence-electron chi connectivity index (χ0n) is 18.7. The smallest absolute Gasteiger partial charge is 0.338 e. The quantitative estimate of drug-likeness (QED) is 0.354. The Labute approximate surface area is 185 Å². The minimum atomic E-state index is -0.177. The summed E-state index contributed by atoms with van der Waals surface area (Å²) in [4.78, 5) is 23.6. The van der Waals surface area contributed by atoms with Gasteiger partial charge in [0.25, 0.3) is 6.47 Å². The third-order valence-corrected chi connectivity index (χ3v) is 9.47. The van der Waals surface area contributed by atoms with E-state index in [-0.39, 0.29) is 29.0 Å². The van der Waals surface area contributed by atoms with E-state index in [1.54, 1.807) is 0 Å². The van der Waals surface area contributed by atoms with Gasteiger partial charge < -0.3 is 9.47 Å². The molecule has 4 heteroatoms. The number of hydrogen-bond donors (Lipinski definition) is 0. The first-order valence-electron chi connectivity index (χ1n) is 12.0. The number of benzene rings is 1. The Morgan fingerprint density at radius 2 is 1.81 bits per heavy atom. The molecule has 1 aromatic rings. The predicted molar refractivity (Wildman–Crippen MR) is 118 cm³/mol. The maximum Gasteiger partial charge on any atom is 0.338 e. The zero-order valence-corrected chi connectivity index (χ0v) is 18.7. The van der Waals surface area contributed by atoms with Crippen molar-refractivity contribution in [3.05, 3.63) is 47.5 Å². The number of carbonyl (C=O) groups excluding carboxylic acids is 2. The van der Waals surface area contributed by atoms with Gasteiger partial charge in [-0.05, 0) is 92.7 Å². The van der Waals surface area contributed by atoms with Crippen LogP contribution < -0.4 is 0 Å². The van der Waals surface area contributed by atoms with Gasteiger partial charge >= 0.3 is 5.97 Å². The average molecular weight is 423 g/mol. The van der Waals surface area contributed by atoms with E-state index in [1.807, 2.05) is 30.3 Å². The first kappa shape index (κ1) is 20.8. The van der Waals surface area contributed by atoms with E-state index in [4.69, 9.17) is 9.47 Å². The van der Waals surface area contributed by atoms with Crippen molar-refractivity contribution < 1.29 is 19.1 Å². The second-order valence-electron chi connectivity index (χ2n) is 10.7. The molecule has 3 fully saturated rings. The van der Waals surface area contributed by atoms with Crippen LogP contribution >= 0.6 is 0 Å². The SMILES string of the molecule is CC12CCC(OC=O)C=C1CCC1C2CCC2(C)C(OC(=O)c3ccccc3)CCC12. The molecule has 0 aromatic heterocycles. The van der Waals surface area contributed by atoms with Crippen LogP contribution in [0.1, 0.15) is 75.6 Å². The number of fused-ring (bicyclic) bond motifs is 5. The second kappa shape index (κ2) is 7.79. The third kappa shape index (κ3) is 3.34. The number of allylic oxidation sites excluding steroid dienone is 1. The molecule has 0 amide bonds. The Bertz CT molecular complexity index is 876. The Morgan fingerprint density at radius 3 is 2.58 bits per heavy atom. The number of ether oxygens (including phenoxy) is 2. The summed E-state index contributed by atoms with van der Waals surface area (Å²) in [5.41, 5.74) is 2.48. The highest BCUT2D eigenvalue weighted by Crippen LogP contribution is 2.65. The molecule has 4 nitrogen and oxygen atoms in total. The van der Waals surface area contributed by atoms with Gasteiger partial charge in [0.1, 0.15) is 12.2 Å². The maximum absolute atomic E-state index is 12.8. The van der Waals surface area contributed by atoms with E-state index >= 15 is 0 Å². The van der Waals surface area contributed by atoms with Gasteiger partial charge in [0.15, 0.2) is 0 Å². The highest BCUT2D eigenvalue weighted by Gasteiger charge is 2.60. The summed E-state index contributed by atoms with van der Waals surface area (Å²) in [5, 5.41) is 0. The summed E-state index contributed by atoms with van der Waals surface area (Å²) in [6.07, 6.45) is 11.1. The third-order valence-electron chi connectivity index (χ3n) is 9.47. The Morgan fingerprint density at radius 1 is 1.00 bits per heavy atom. The van der Waals surface area contributed by atoms with Crippen LogP contribution in [0.4, 0.5) is 0 Å². The van der Waals surface area contributed by atoms with Crippen LogP contribution in [0, 0.1) is 28.6 Å². The molecule has 0 radical (unpaired) electrons. The highest BCUT2D eigenvalue weighted by molar-refractivity contribution is 5.89. The van der Waals surface area contributed by atoms with E-state index < -0.39 is 0 Å². The molecule has 7 atom stereocenters. The summed E-state index contributed by atoms with van der Waals surface area (Å²) >= 11 is 0. The van der Waals surface area contributed by atoms with Crippen LogP contribution in [-0.4, -0.2) is 24.6 Å². The largest absolute Gasteiger partial charge is 0.460 e. The van der Waals surface area contributed by atoms with Gasteiger partial charge in [0, 0.05) is 5.41 Å². The van der Waals surface area contributed by atoms with E-state index in [1.165, 1.54) is 18.4 Å². The van der Waals surface area contributed by atoms with Crippen molar-refractivity contribution in [1.82, 2.24) is 0 Å². The van der Waals surface area contributed by atoms with Gasteiger partial charge in [0.05, 0.1) is 5.56 Å². The van der Waals surface area contributed by atoms with Crippen molar-refractivity contribution in [2.75, 3.05) is 0 Å². The fourth-order valence-electron chi connectivity index (χ4n) is 7.79. The Kier molecular flexibility index (Phi) is 5.22. The molecule has 7 unspecified atom stereocenters. The molecule has 0 spiro atoms. The van der Waals surface area contributed by atoms with E-state index in [2.05, 4.69) is 19.9 Å². The van der Waals surface area contributed by atoms with Crippen LogP contribution in [0.5, 0.6) is 0 Å². The number of esters is 1. The Hall–Kier alpha value is -2.10. The second-order valence-corrected chi connectivity index (χ2v) is 10.7. The highest BCUT2D eigenvalue weighted by atomic mass is 16.5. The molecule has 0 bridgehead atoms. The molecule has 0 aliphatic heterocycles. The topological polar surface area (TPSA) is 52.6 Å². The molecule has 4 aliphatic rings. The van der Waals surface area contributed by atoms with E-state index in [0.29, 0.717) is 29.8 Å². The lowest BCUT2D eigenvalue weighted by Crippen LogP contribution is -2.52. The summed E-state index contributed by atoms with van der Waals surface area (Å²) in [7, 11) is 0. The molecule has 31 heavy (non-hydrogen) atoms. The van der Waals surface area contributed by atoms with Crippen LogP contribution in [0.3, 0.4) is 0 Å². The van der Waals surface area contributed by atoms with E-state index in [9.17, 15) is 9.59 Å². The van der Waals surface area contributed by atoms with Gasteiger partial charge in [-0.25, -0.2) is 4.79 Å². The molecule has 166 valence electrons. The van der Waals surface area contributed by atoms with Crippen molar-refractivity contribution in [3.63, 3.8) is 0 Å². The molecular formula is C27H34O4. The summed E-state index contributed by atoms with van der Waals surface area (Å²) in [5.74, 6) is 1.84. The molecule has 0 saturated heterocycles. The monoisotopic (exact) mass is 422 g/mol. The lowest BCUT2D eigenvalue weighted by Gasteiger charge is -2.58. The van der Waals surface area contributed by atoms with Gasteiger partial charge in [-0.1, -0.05) is 37.6 Å². The number of carbonyl (C=O) groups is 2. The molecule has 3 saturated carbocycles. The molecule has 0 N–H and O–H groups in total. The molecular weight excluding hydrogens is 388 g/mol. The molecule has 4 aliphatic carbocycles. The minimum Gasteiger partial charge on any atom is -0.460 e. The summed E-state index contributed by atoms with van der Waals surface area (Å²) < 4.78 is 11.4. The van der Waals surface area contributed by atoms with Crippen LogP contribution in [0.25, 0.3) is 0 Å². The fraction of sp³-hybridized carbons (Fsp3) is 0.630.